The molecule has 0 saturated carbocycles. The third-order valence-electron chi connectivity index (χ3n) is 3.98. The van der Waals surface area contributed by atoms with E-state index in [1.807, 2.05) is 10.7 Å². The van der Waals surface area contributed by atoms with Gasteiger partial charge in [-0.1, -0.05) is 6.58 Å². The minimum Gasteiger partial charge on any atom is -0.383 e. The molecule has 6 nitrogen and oxygen atoms in total. The summed E-state index contributed by atoms with van der Waals surface area (Å²) in [6.45, 7) is 3.31. The highest BCUT2D eigenvalue weighted by Crippen LogP contribution is 2.33. The molecule has 0 spiro atoms. The van der Waals surface area contributed by atoms with Crippen LogP contribution in [0.1, 0.15) is 12.5 Å². The normalized spacial score (nSPS) is 21.5. The van der Waals surface area contributed by atoms with Crippen molar-refractivity contribution in [3.05, 3.63) is 28.6 Å². The van der Waals surface area contributed by atoms with Gasteiger partial charge in [-0.15, -0.1) is 0 Å². The molecule has 1 fully saturated rings. The van der Waals surface area contributed by atoms with Crippen molar-refractivity contribution < 1.29 is 9.18 Å². The van der Waals surface area contributed by atoms with E-state index in [0.717, 1.165) is 14.6 Å². The summed E-state index contributed by atoms with van der Waals surface area (Å²) in [5, 5.41) is 5.32. The van der Waals surface area contributed by atoms with Gasteiger partial charge in [0.15, 0.2) is 0 Å². The van der Waals surface area contributed by atoms with Crippen LogP contribution in [0.15, 0.2) is 24.9 Å². The number of aromatic nitrogens is 3. The Bertz CT molecular complexity index is 746. The van der Waals surface area contributed by atoms with Crippen LogP contribution < -0.4 is 5.73 Å². The zero-order chi connectivity index (χ0) is 15.9. The van der Waals surface area contributed by atoms with Gasteiger partial charge in [-0.05, 0) is 41.2 Å². The number of amides is 1. The molecule has 3 rings (SSSR count). The summed E-state index contributed by atoms with van der Waals surface area (Å²) in [6, 6.07) is 1.31. The second kappa shape index (κ2) is 5.82. The zero-order valence-corrected chi connectivity index (χ0v) is 13.9. The average Bonchev–Trinajstić information content (AvgIpc) is 3.08. The number of hydrogen-bond donors (Lipinski definition) is 1. The maximum atomic E-state index is 13.2. The Labute approximate surface area is 140 Å². The molecule has 2 atom stereocenters. The van der Waals surface area contributed by atoms with Crippen LogP contribution in [0.25, 0.3) is 10.9 Å². The van der Waals surface area contributed by atoms with Crippen molar-refractivity contribution >= 4 is 45.2 Å². The fourth-order valence-corrected chi connectivity index (χ4v) is 3.73. The lowest BCUT2D eigenvalue weighted by Crippen LogP contribution is -2.35. The van der Waals surface area contributed by atoms with Crippen LogP contribution in [-0.2, 0) is 4.79 Å². The molecule has 3 heterocycles. The molecule has 1 amide bonds. The van der Waals surface area contributed by atoms with Crippen molar-refractivity contribution in [2.45, 2.75) is 18.5 Å². The summed E-state index contributed by atoms with van der Waals surface area (Å²) < 4.78 is 15.8. The fraction of sp³-hybridized carbons (Fsp3) is 0.357. The standard InChI is InChI=1S/C14H15FIN5O/c1-2-11(22)20-7-9(5-8(20)6-15)21-10-3-4-18-14(17)12(10)13(16)19-21/h2-4,8-9H,1,5-7H2,(H2,17,18)/t8-,9+/m1/s1. The number of nitrogen functional groups attached to an aromatic ring is 1. The number of carbonyl (C=O) groups excluding carboxylic acids is 1. The number of hydrogen-bond acceptors (Lipinski definition) is 4. The Morgan fingerprint density at radius 3 is 3.09 bits per heavy atom. The number of halogens is 2. The lowest BCUT2D eigenvalue weighted by molar-refractivity contribution is -0.127. The molecule has 1 aliphatic rings. The summed E-state index contributed by atoms with van der Waals surface area (Å²) in [5.74, 6) is 0.171. The largest absolute Gasteiger partial charge is 0.383 e. The van der Waals surface area contributed by atoms with E-state index in [0.29, 0.717) is 18.8 Å². The molecule has 22 heavy (non-hydrogen) atoms. The van der Waals surface area contributed by atoms with E-state index >= 15 is 0 Å². The van der Waals surface area contributed by atoms with E-state index in [1.165, 1.54) is 11.0 Å². The molecule has 0 aromatic carbocycles. The Kier molecular flexibility index (Phi) is 4.02. The van der Waals surface area contributed by atoms with E-state index < -0.39 is 12.7 Å². The van der Waals surface area contributed by atoms with Gasteiger partial charge >= 0.3 is 0 Å². The van der Waals surface area contributed by atoms with E-state index in [2.05, 4.69) is 39.3 Å². The molecule has 0 aliphatic carbocycles. The van der Waals surface area contributed by atoms with Crippen LogP contribution in [0.3, 0.4) is 0 Å². The number of likely N-dealkylation sites (tertiary alicyclic amines) is 1. The molecular formula is C14H15FIN5O. The van der Waals surface area contributed by atoms with Gasteiger partial charge in [0.25, 0.3) is 0 Å². The van der Waals surface area contributed by atoms with Crippen molar-refractivity contribution in [3.63, 3.8) is 0 Å². The highest BCUT2D eigenvalue weighted by molar-refractivity contribution is 14.1. The van der Waals surface area contributed by atoms with E-state index in [4.69, 9.17) is 5.73 Å². The first-order valence-electron chi connectivity index (χ1n) is 6.84. The minimum absolute atomic E-state index is 0.0857. The third-order valence-corrected chi connectivity index (χ3v) is 4.74. The fourth-order valence-electron chi connectivity index (χ4n) is 2.95. The number of carbonyl (C=O) groups is 1. The molecule has 1 saturated heterocycles. The highest BCUT2D eigenvalue weighted by atomic mass is 127. The summed E-state index contributed by atoms with van der Waals surface area (Å²) in [5.41, 5.74) is 6.77. The van der Waals surface area contributed by atoms with E-state index in [9.17, 15) is 9.18 Å². The number of fused-ring (bicyclic) bond motifs is 1. The van der Waals surface area contributed by atoms with Crippen LogP contribution >= 0.6 is 22.6 Å². The first kappa shape index (κ1) is 15.2. The van der Waals surface area contributed by atoms with Gasteiger partial charge in [-0.25, -0.2) is 9.37 Å². The predicted octanol–water partition coefficient (Wildman–Crippen LogP) is 1.92. The highest BCUT2D eigenvalue weighted by Gasteiger charge is 2.36. The van der Waals surface area contributed by atoms with Crippen molar-refractivity contribution in [2.75, 3.05) is 19.0 Å². The van der Waals surface area contributed by atoms with Gasteiger partial charge in [0.1, 0.15) is 16.2 Å². The molecule has 0 bridgehead atoms. The Morgan fingerprint density at radius 1 is 1.64 bits per heavy atom. The van der Waals surface area contributed by atoms with Crippen molar-refractivity contribution in [1.82, 2.24) is 19.7 Å². The molecule has 2 aromatic rings. The van der Waals surface area contributed by atoms with Crippen LogP contribution in [0, 0.1) is 3.70 Å². The van der Waals surface area contributed by atoms with Crippen molar-refractivity contribution in [3.8, 4) is 0 Å². The first-order valence-corrected chi connectivity index (χ1v) is 7.91. The van der Waals surface area contributed by atoms with Crippen LogP contribution in [0.4, 0.5) is 10.2 Å². The summed E-state index contributed by atoms with van der Waals surface area (Å²) in [4.78, 5) is 17.5. The third kappa shape index (κ3) is 2.34. The summed E-state index contributed by atoms with van der Waals surface area (Å²) in [6.07, 6.45) is 3.36. The Morgan fingerprint density at radius 2 is 2.41 bits per heavy atom. The number of alkyl halides is 1. The van der Waals surface area contributed by atoms with Gasteiger partial charge in [-0.3, -0.25) is 9.48 Å². The lowest BCUT2D eigenvalue weighted by Gasteiger charge is -2.20. The Hall–Kier alpha value is -1.71. The maximum Gasteiger partial charge on any atom is 0.246 e. The average molecular weight is 415 g/mol. The SMILES string of the molecule is C=CC(=O)N1C[C@@H](n2nc(I)c3c(N)nccc32)C[C@@H]1CF. The number of nitrogens with two attached hydrogens (primary N) is 1. The monoisotopic (exact) mass is 415 g/mol. The Balaban J connectivity index is 2.01. The molecule has 116 valence electrons. The van der Waals surface area contributed by atoms with Crippen molar-refractivity contribution in [2.24, 2.45) is 0 Å². The number of pyridine rings is 1. The van der Waals surface area contributed by atoms with Crippen LogP contribution in [-0.4, -0.2) is 44.8 Å². The van der Waals surface area contributed by atoms with Crippen molar-refractivity contribution in [1.29, 1.82) is 0 Å². The lowest BCUT2D eigenvalue weighted by atomic mass is 10.2. The van der Waals surface area contributed by atoms with Gasteiger partial charge < -0.3 is 10.6 Å². The van der Waals surface area contributed by atoms with Gasteiger partial charge in [-0.2, -0.15) is 5.10 Å². The number of nitrogens with zero attached hydrogens (tertiary/aromatic N) is 4. The molecule has 0 unspecified atom stereocenters. The van der Waals surface area contributed by atoms with Crippen LogP contribution in [0.2, 0.25) is 0 Å². The summed E-state index contributed by atoms with van der Waals surface area (Å²) >= 11 is 2.11. The maximum absolute atomic E-state index is 13.2. The van der Waals surface area contributed by atoms with Crippen LogP contribution in [0.5, 0.6) is 0 Å². The second-order valence-corrected chi connectivity index (χ2v) is 6.24. The van der Waals surface area contributed by atoms with Gasteiger partial charge in [0.2, 0.25) is 5.91 Å². The smallest absolute Gasteiger partial charge is 0.246 e. The molecule has 2 N–H and O–H groups in total. The minimum atomic E-state index is -0.573. The molecule has 2 aromatic heterocycles. The molecule has 1 aliphatic heterocycles. The van der Waals surface area contributed by atoms with E-state index in [-0.39, 0.29) is 11.9 Å². The number of anilines is 1. The molecule has 8 heteroatoms. The molecule has 0 radical (unpaired) electrons. The quantitative estimate of drug-likeness (QED) is 0.614. The predicted molar refractivity (Wildman–Crippen MR) is 90.0 cm³/mol. The molecular weight excluding hydrogens is 400 g/mol. The van der Waals surface area contributed by atoms with Gasteiger partial charge in [0.05, 0.1) is 23.0 Å². The first-order chi connectivity index (χ1) is 10.6. The van der Waals surface area contributed by atoms with Gasteiger partial charge in [0, 0.05) is 12.7 Å². The zero-order valence-electron chi connectivity index (χ0n) is 11.7. The topological polar surface area (TPSA) is 77.0 Å². The second-order valence-electron chi connectivity index (χ2n) is 5.22. The van der Waals surface area contributed by atoms with E-state index in [1.54, 1.807) is 6.20 Å². The number of rotatable bonds is 3. The summed E-state index contributed by atoms with van der Waals surface area (Å²) in [7, 11) is 0.